The first-order valence-electron chi connectivity index (χ1n) is 11.1. The molecule has 0 radical (unpaired) electrons. The van der Waals surface area contributed by atoms with Crippen LogP contribution in [0.4, 0.5) is 11.6 Å². The Kier molecular flexibility index (Phi) is 5.31. The Balaban J connectivity index is 1.53. The van der Waals surface area contributed by atoms with Gasteiger partial charge in [0.2, 0.25) is 0 Å². The molecule has 5 rings (SSSR count). The number of nitrogens with zero attached hydrogens (tertiary/aromatic N) is 4. The van der Waals surface area contributed by atoms with E-state index in [2.05, 4.69) is 19.7 Å². The summed E-state index contributed by atoms with van der Waals surface area (Å²) in [6.07, 6.45) is 11.4. The van der Waals surface area contributed by atoms with Crippen LogP contribution >= 0.6 is 0 Å². The number of nitrogen functional groups attached to an aromatic ring is 1. The number of aromatic nitrogens is 4. The van der Waals surface area contributed by atoms with Crippen molar-refractivity contribution in [2.75, 3.05) is 11.1 Å². The Morgan fingerprint density at radius 2 is 1.94 bits per heavy atom. The van der Waals surface area contributed by atoms with Crippen molar-refractivity contribution in [1.82, 2.24) is 19.4 Å². The molecule has 0 bridgehead atoms. The molecule has 1 aliphatic rings. The van der Waals surface area contributed by atoms with Gasteiger partial charge >= 0.3 is 0 Å². The Morgan fingerprint density at radius 3 is 2.69 bits per heavy atom. The van der Waals surface area contributed by atoms with Crippen LogP contribution < -0.4 is 11.1 Å². The summed E-state index contributed by atoms with van der Waals surface area (Å²) in [5.74, 6) is 2.27. The van der Waals surface area contributed by atoms with Crippen LogP contribution in [0.2, 0.25) is 0 Å². The lowest BCUT2D eigenvalue weighted by molar-refractivity contribution is 0.102. The first-order valence-corrected chi connectivity index (χ1v) is 11.1. The van der Waals surface area contributed by atoms with Gasteiger partial charge in [-0.1, -0.05) is 31.4 Å². The second kappa shape index (κ2) is 8.42. The molecule has 3 aromatic heterocycles. The lowest BCUT2D eigenvalue weighted by Crippen LogP contribution is -2.13. The highest BCUT2D eigenvalue weighted by Crippen LogP contribution is 2.37. The van der Waals surface area contributed by atoms with Crippen molar-refractivity contribution in [2.24, 2.45) is 0 Å². The highest BCUT2D eigenvalue weighted by molar-refractivity contribution is 6.04. The molecule has 1 amide bonds. The maximum absolute atomic E-state index is 12.7. The summed E-state index contributed by atoms with van der Waals surface area (Å²) in [6.45, 7) is 1.99. The summed E-state index contributed by atoms with van der Waals surface area (Å²) in [7, 11) is 0. The molecule has 32 heavy (non-hydrogen) atoms. The number of fused-ring (bicyclic) bond motifs is 1. The summed E-state index contributed by atoms with van der Waals surface area (Å²) < 4.78 is 2.11. The van der Waals surface area contributed by atoms with Crippen LogP contribution in [-0.2, 0) is 0 Å². The normalized spacial score (nSPS) is 14.5. The Labute approximate surface area is 186 Å². The molecule has 0 unspecified atom stereocenters. The van der Waals surface area contributed by atoms with E-state index in [-0.39, 0.29) is 5.91 Å². The van der Waals surface area contributed by atoms with E-state index in [9.17, 15) is 4.79 Å². The molecule has 0 aliphatic heterocycles. The van der Waals surface area contributed by atoms with Crippen molar-refractivity contribution >= 4 is 23.1 Å². The van der Waals surface area contributed by atoms with E-state index in [0.29, 0.717) is 23.1 Å². The number of nitrogens with one attached hydrogen (secondary N) is 1. The van der Waals surface area contributed by atoms with Gasteiger partial charge in [-0.05, 0) is 49.6 Å². The van der Waals surface area contributed by atoms with Crippen LogP contribution in [0.15, 0.2) is 55.0 Å². The fraction of sp³-hybridized carbons (Fsp3) is 0.280. The first kappa shape index (κ1) is 20.2. The molecule has 1 fully saturated rings. The summed E-state index contributed by atoms with van der Waals surface area (Å²) >= 11 is 0. The van der Waals surface area contributed by atoms with Crippen molar-refractivity contribution in [1.29, 1.82) is 0 Å². The average molecular weight is 427 g/mol. The molecule has 1 saturated carbocycles. The summed E-state index contributed by atoms with van der Waals surface area (Å²) in [6, 6.07) is 11.1. The highest BCUT2D eigenvalue weighted by atomic mass is 16.1. The number of benzene rings is 1. The number of anilines is 2. The third-order valence-electron chi connectivity index (χ3n) is 6.23. The number of hydrogen-bond acceptors (Lipinski definition) is 5. The minimum atomic E-state index is -0.197. The zero-order chi connectivity index (χ0) is 22.1. The minimum Gasteiger partial charge on any atom is -0.382 e. The van der Waals surface area contributed by atoms with E-state index in [0.717, 1.165) is 41.0 Å². The van der Waals surface area contributed by atoms with Gasteiger partial charge in [-0.25, -0.2) is 15.0 Å². The smallest absolute Gasteiger partial charge is 0.256 e. The predicted octanol–water partition coefficient (Wildman–Crippen LogP) is 4.98. The molecular formula is C25H26N6O. The standard InChI is InChI=1S/C25H26N6O/c1-16-15-18(25(32)29-20-9-5-6-12-27-20)10-11-19(16)21-22-23(26)28-13-14-31(22)24(30-21)17-7-3-2-4-8-17/h5-6,9-15,17H,2-4,7-8H2,1H3,(H2,26,28)(H,27,29,32). The van der Waals surface area contributed by atoms with Crippen molar-refractivity contribution in [3.05, 3.63) is 71.9 Å². The number of carbonyl (C=O) groups excluding carboxylic acids is 1. The van der Waals surface area contributed by atoms with Gasteiger partial charge in [-0.3, -0.25) is 9.20 Å². The van der Waals surface area contributed by atoms with Crippen LogP contribution in [0.1, 0.15) is 59.8 Å². The van der Waals surface area contributed by atoms with E-state index in [4.69, 9.17) is 10.7 Å². The van der Waals surface area contributed by atoms with Crippen molar-refractivity contribution in [3.63, 3.8) is 0 Å². The average Bonchev–Trinajstić information content (AvgIpc) is 3.21. The number of amides is 1. The van der Waals surface area contributed by atoms with Gasteiger partial charge in [0.1, 0.15) is 28.7 Å². The number of aryl methyl sites for hydroxylation is 1. The number of imidazole rings is 1. The second-order valence-corrected chi connectivity index (χ2v) is 8.38. The second-order valence-electron chi connectivity index (χ2n) is 8.38. The van der Waals surface area contributed by atoms with Gasteiger partial charge in [0.05, 0.1) is 0 Å². The first-order chi connectivity index (χ1) is 15.6. The number of carbonyl (C=O) groups is 1. The zero-order valence-corrected chi connectivity index (χ0v) is 18.1. The minimum absolute atomic E-state index is 0.197. The molecule has 162 valence electrons. The van der Waals surface area contributed by atoms with E-state index in [1.807, 2.05) is 43.5 Å². The third kappa shape index (κ3) is 3.70. The van der Waals surface area contributed by atoms with Crippen LogP contribution in [0.3, 0.4) is 0 Å². The van der Waals surface area contributed by atoms with Crippen LogP contribution in [0, 0.1) is 6.92 Å². The fourth-order valence-corrected chi connectivity index (χ4v) is 4.62. The number of hydrogen-bond donors (Lipinski definition) is 2. The van der Waals surface area contributed by atoms with Crippen LogP contribution in [0.25, 0.3) is 16.8 Å². The number of rotatable bonds is 4. The zero-order valence-electron chi connectivity index (χ0n) is 18.1. The van der Waals surface area contributed by atoms with Crippen LogP contribution in [-0.4, -0.2) is 25.3 Å². The molecule has 1 aliphatic carbocycles. The Hall–Kier alpha value is -3.74. The van der Waals surface area contributed by atoms with Crippen LogP contribution in [0.5, 0.6) is 0 Å². The molecule has 0 saturated heterocycles. The van der Waals surface area contributed by atoms with Gasteiger partial charge in [-0.15, -0.1) is 0 Å². The molecule has 0 atom stereocenters. The molecule has 3 heterocycles. The lowest BCUT2D eigenvalue weighted by Gasteiger charge is -2.20. The largest absolute Gasteiger partial charge is 0.382 e. The van der Waals surface area contributed by atoms with Gasteiger partial charge in [0.25, 0.3) is 5.91 Å². The van der Waals surface area contributed by atoms with Gasteiger partial charge in [0.15, 0.2) is 0 Å². The highest BCUT2D eigenvalue weighted by Gasteiger charge is 2.24. The maximum Gasteiger partial charge on any atom is 0.256 e. The summed E-state index contributed by atoms with van der Waals surface area (Å²) in [5.41, 5.74) is 10.4. The SMILES string of the molecule is Cc1cc(C(=O)Nc2ccccn2)ccc1-c1nc(C2CCCCC2)n2ccnc(N)c12. The predicted molar refractivity (Wildman–Crippen MR) is 126 cm³/mol. The quantitative estimate of drug-likeness (QED) is 0.479. The fourth-order valence-electron chi connectivity index (χ4n) is 4.62. The summed E-state index contributed by atoms with van der Waals surface area (Å²) in [4.78, 5) is 26.2. The molecule has 0 spiro atoms. The lowest BCUT2D eigenvalue weighted by atomic mass is 9.89. The van der Waals surface area contributed by atoms with E-state index in [1.54, 1.807) is 18.5 Å². The van der Waals surface area contributed by atoms with E-state index >= 15 is 0 Å². The maximum atomic E-state index is 12.7. The Morgan fingerprint density at radius 1 is 1.09 bits per heavy atom. The monoisotopic (exact) mass is 426 g/mol. The molecule has 1 aromatic carbocycles. The Bertz CT molecular complexity index is 1270. The molecule has 7 nitrogen and oxygen atoms in total. The van der Waals surface area contributed by atoms with E-state index < -0.39 is 0 Å². The van der Waals surface area contributed by atoms with E-state index in [1.165, 1.54) is 19.3 Å². The number of nitrogens with two attached hydrogens (primary N) is 1. The third-order valence-corrected chi connectivity index (χ3v) is 6.23. The molecule has 3 N–H and O–H groups in total. The van der Waals surface area contributed by atoms with Gasteiger partial charge in [-0.2, -0.15) is 0 Å². The summed E-state index contributed by atoms with van der Waals surface area (Å²) in [5, 5.41) is 2.83. The molecule has 7 heteroatoms. The van der Waals surface area contributed by atoms with Gasteiger partial charge in [0, 0.05) is 35.6 Å². The van der Waals surface area contributed by atoms with Gasteiger partial charge < -0.3 is 11.1 Å². The van der Waals surface area contributed by atoms with Crippen molar-refractivity contribution in [2.45, 2.75) is 44.9 Å². The number of pyridine rings is 1. The topological polar surface area (TPSA) is 98.2 Å². The molecular weight excluding hydrogens is 400 g/mol. The van der Waals surface area contributed by atoms with Crippen molar-refractivity contribution in [3.8, 4) is 11.3 Å². The molecule has 4 aromatic rings. The van der Waals surface area contributed by atoms with Crippen molar-refractivity contribution < 1.29 is 4.79 Å².